The molecule has 0 atom stereocenters. The number of nitrogens with one attached hydrogen (secondary N) is 1. The van der Waals surface area contributed by atoms with E-state index in [0.717, 1.165) is 6.42 Å². The number of nitrogens with zero attached hydrogens (tertiary/aromatic N) is 3. The molecule has 0 radical (unpaired) electrons. The maximum Gasteiger partial charge on any atom is 0.323 e. The molecule has 0 bridgehead atoms. The Morgan fingerprint density at radius 1 is 1.32 bits per heavy atom. The molecule has 2 aromatic rings. The quantitative estimate of drug-likeness (QED) is 0.843. The van der Waals surface area contributed by atoms with Crippen LogP contribution in [0.25, 0.3) is 0 Å². The highest BCUT2D eigenvalue weighted by atomic mass is 32.1. The second-order valence-corrected chi connectivity index (χ2v) is 4.83. The third-order valence-electron chi connectivity index (χ3n) is 2.47. The van der Waals surface area contributed by atoms with E-state index in [2.05, 4.69) is 38.0 Å². The molecule has 2 aromatic heterocycles. The van der Waals surface area contributed by atoms with Crippen molar-refractivity contribution in [2.24, 2.45) is 0 Å². The van der Waals surface area contributed by atoms with Crippen LogP contribution in [0.1, 0.15) is 24.5 Å². The van der Waals surface area contributed by atoms with E-state index in [-0.39, 0.29) is 12.0 Å². The lowest BCUT2D eigenvalue weighted by atomic mass is 10.2. The smallest absolute Gasteiger partial charge is 0.323 e. The molecule has 3 N–H and O–H groups in total. The molecule has 0 saturated carbocycles. The van der Waals surface area contributed by atoms with Crippen molar-refractivity contribution in [3.05, 3.63) is 21.9 Å². The van der Waals surface area contributed by atoms with E-state index in [1.54, 1.807) is 11.3 Å². The first kappa shape index (κ1) is 13.5. The van der Waals surface area contributed by atoms with Crippen LogP contribution in [0, 0.1) is 6.92 Å². The number of aromatic nitrogens is 3. The topological polar surface area (TPSA) is 86.0 Å². The van der Waals surface area contributed by atoms with Gasteiger partial charge in [0, 0.05) is 6.54 Å². The van der Waals surface area contributed by atoms with E-state index in [4.69, 9.17) is 10.5 Å². The first-order chi connectivity index (χ1) is 9.19. The minimum Gasteiger partial charge on any atom is -0.463 e. The van der Waals surface area contributed by atoms with Gasteiger partial charge in [0.2, 0.25) is 11.9 Å². The number of anilines is 2. The Bertz CT molecular complexity index is 543. The molecule has 0 unspecified atom stereocenters. The van der Waals surface area contributed by atoms with Gasteiger partial charge in [-0.3, -0.25) is 0 Å². The number of nitrogens with two attached hydrogens (primary N) is 1. The Kier molecular flexibility index (Phi) is 4.51. The molecule has 2 heterocycles. The molecule has 0 aliphatic rings. The fourth-order valence-corrected chi connectivity index (χ4v) is 2.31. The molecule has 0 fully saturated rings. The van der Waals surface area contributed by atoms with Crippen molar-refractivity contribution in [1.82, 2.24) is 15.0 Å². The Hall–Kier alpha value is -1.89. The van der Waals surface area contributed by atoms with Gasteiger partial charge in [0.05, 0.1) is 6.61 Å². The summed E-state index contributed by atoms with van der Waals surface area (Å²) in [5.41, 5.74) is 8.10. The van der Waals surface area contributed by atoms with E-state index in [9.17, 15) is 0 Å². The summed E-state index contributed by atoms with van der Waals surface area (Å²) in [4.78, 5) is 12.1. The van der Waals surface area contributed by atoms with Crippen molar-refractivity contribution in [3.63, 3.8) is 0 Å². The molecule has 2 rings (SSSR count). The summed E-state index contributed by atoms with van der Waals surface area (Å²) >= 11 is 1.68. The van der Waals surface area contributed by atoms with E-state index < -0.39 is 0 Å². The minimum absolute atomic E-state index is 0.158. The fraction of sp³-hybridized carbons (Fsp3) is 0.417. The number of nitrogen functional groups attached to an aromatic ring is 1. The third-order valence-corrected chi connectivity index (χ3v) is 3.38. The van der Waals surface area contributed by atoms with Gasteiger partial charge in [-0.05, 0) is 35.2 Å². The molecule has 0 amide bonds. The van der Waals surface area contributed by atoms with Gasteiger partial charge >= 0.3 is 6.01 Å². The molecule has 0 saturated heterocycles. The van der Waals surface area contributed by atoms with Gasteiger partial charge in [-0.25, -0.2) is 0 Å². The lowest BCUT2D eigenvalue weighted by molar-refractivity contribution is 0.292. The van der Waals surface area contributed by atoms with Crippen LogP contribution in [0.3, 0.4) is 0 Å². The first-order valence-corrected chi connectivity index (χ1v) is 7.03. The first-order valence-electron chi connectivity index (χ1n) is 6.09. The zero-order chi connectivity index (χ0) is 13.7. The molecule has 0 spiro atoms. The second-order valence-electron chi connectivity index (χ2n) is 4.08. The number of hydrogen-bond acceptors (Lipinski definition) is 7. The van der Waals surface area contributed by atoms with Gasteiger partial charge < -0.3 is 15.8 Å². The fourth-order valence-electron chi connectivity index (χ4n) is 1.45. The van der Waals surface area contributed by atoms with Crippen LogP contribution >= 0.6 is 11.3 Å². The summed E-state index contributed by atoms with van der Waals surface area (Å²) in [5, 5.41) is 7.33. The Labute approximate surface area is 116 Å². The van der Waals surface area contributed by atoms with E-state index in [0.29, 0.717) is 19.1 Å². The van der Waals surface area contributed by atoms with Crippen LogP contribution in [-0.4, -0.2) is 21.6 Å². The average Bonchev–Trinajstić information content (AvgIpc) is 2.79. The molecule has 102 valence electrons. The summed E-state index contributed by atoms with van der Waals surface area (Å²) in [7, 11) is 0. The Morgan fingerprint density at radius 3 is 2.84 bits per heavy atom. The highest BCUT2D eigenvalue weighted by Crippen LogP contribution is 2.15. The zero-order valence-corrected chi connectivity index (χ0v) is 11.8. The van der Waals surface area contributed by atoms with Crippen molar-refractivity contribution >= 4 is 23.2 Å². The van der Waals surface area contributed by atoms with Crippen molar-refractivity contribution in [1.29, 1.82) is 0 Å². The van der Waals surface area contributed by atoms with Gasteiger partial charge in [0.1, 0.15) is 0 Å². The van der Waals surface area contributed by atoms with Gasteiger partial charge in [-0.1, -0.05) is 6.92 Å². The van der Waals surface area contributed by atoms with Crippen molar-refractivity contribution in [3.8, 4) is 6.01 Å². The summed E-state index contributed by atoms with van der Waals surface area (Å²) in [5.74, 6) is 0.592. The van der Waals surface area contributed by atoms with E-state index >= 15 is 0 Å². The van der Waals surface area contributed by atoms with Gasteiger partial charge in [-0.15, -0.1) is 0 Å². The van der Waals surface area contributed by atoms with Gasteiger partial charge in [0.25, 0.3) is 0 Å². The molecule has 7 heteroatoms. The van der Waals surface area contributed by atoms with Crippen LogP contribution in [0.15, 0.2) is 10.8 Å². The predicted octanol–water partition coefficient (Wildman–Crippen LogP) is 2.22. The summed E-state index contributed by atoms with van der Waals surface area (Å²) in [6, 6.07) is 0.263. The summed E-state index contributed by atoms with van der Waals surface area (Å²) in [6.45, 7) is 5.31. The molecule has 19 heavy (non-hydrogen) atoms. The van der Waals surface area contributed by atoms with Crippen LogP contribution in [-0.2, 0) is 6.54 Å². The third kappa shape index (κ3) is 3.78. The second kappa shape index (κ2) is 6.33. The maximum absolute atomic E-state index is 5.63. The van der Waals surface area contributed by atoms with Crippen LogP contribution in [0.4, 0.5) is 11.9 Å². The monoisotopic (exact) mass is 279 g/mol. The zero-order valence-electron chi connectivity index (χ0n) is 11.0. The standard InChI is InChI=1S/C12H17N5OS/c1-3-4-18-12-16-10(13)15-11(17-12)14-5-9-7-19-6-8(9)2/h6-7H,3-5H2,1-2H3,(H3,13,14,15,16,17). The van der Waals surface area contributed by atoms with Gasteiger partial charge in [0.15, 0.2) is 0 Å². The highest BCUT2D eigenvalue weighted by Gasteiger charge is 2.06. The Balaban J connectivity index is 2.03. The summed E-state index contributed by atoms with van der Waals surface area (Å²) < 4.78 is 5.36. The highest BCUT2D eigenvalue weighted by molar-refractivity contribution is 7.08. The SMILES string of the molecule is CCCOc1nc(N)nc(NCc2cscc2C)n1. The van der Waals surface area contributed by atoms with Crippen molar-refractivity contribution in [2.75, 3.05) is 17.7 Å². The van der Waals surface area contributed by atoms with E-state index in [1.807, 2.05) is 6.92 Å². The normalized spacial score (nSPS) is 10.4. The average molecular weight is 279 g/mol. The lowest BCUT2D eigenvalue weighted by Crippen LogP contribution is -2.09. The predicted molar refractivity (Wildman–Crippen MR) is 76.4 cm³/mol. The molecule has 0 aromatic carbocycles. The number of rotatable bonds is 6. The van der Waals surface area contributed by atoms with Crippen LogP contribution in [0.2, 0.25) is 0 Å². The maximum atomic E-state index is 5.63. The van der Waals surface area contributed by atoms with Crippen molar-refractivity contribution in [2.45, 2.75) is 26.8 Å². The molecular weight excluding hydrogens is 262 g/mol. The minimum atomic E-state index is 0.158. The number of ether oxygens (including phenoxy) is 1. The number of hydrogen-bond donors (Lipinski definition) is 2. The van der Waals surface area contributed by atoms with Crippen LogP contribution in [0.5, 0.6) is 6.01 Å². The molecule has 0 aliphatic heterocycles. The van der Waals surface area contributed by atoms with Crippen molar-refractivity contribution < 1.29 is 4.74 Å². The molecule has 6 nitrogen and oxygen atoms in total. The largest absolute Gasteiger partial charge is 0.463 e. The molecule has 0 aliphatic carbocycles. The summed E-state index contributed by atoms with van der Waals surface area (Å²) in [6.07, 6.45) is 0.891. The molecular formula is C12H17N5OS. The van der Waals surface area contributed by atoms with E-state index in [1.165, 1.54) is 11.1 Å². The number of aryl methyl sites for hydroxylation is 1. The lowest BCUT2D eigenvalue weighted by Gasteiger charge is -2.07. The van der Waals surface area contributed by atoms with Gasteiger partial charge in [-0.2, -0.15) is 26.3 Å². The van der Waals surface area contributed by atoms with Crippen LogP contribution < -0.4 is 15.8 Å². The number of thiophene rings is 1. The Morgan fingerprint density at radius 2 is 2.16 bits per heavy atom.